The summed E-state index contributed by atoms with van der Waals surface area (Å²) in [6.45, 7) is 0. The molecule has 0 radical (unpaired) electrons. The van der Waals surface area contributed by atoms with Crippen molar-refractivity contribution in [2.75, 3.05) is 7.05 Å². The van der Waals surface area contributed by atoms with Crippen molar-refractivity contribution in [3.8, 4) is 11.3 Å². The molecule has 0 unspecified atom stereocenters. The fourth-order valence-corrected chi connectivity index (χ4v) is 2.68. The second-order valence-corrected chi connectivity index (χ2v) is 4.74. The Hall–Kier alpha value is -2.55. The van der Waals surface area contributed by atoms with E-state index in [0.717, 1.165) is 27.7 Å². The molecular formula is C17H16N2O. The van der Waals surface area contributed by atoms with Crippen LogP contribution in [0.15, 0.2) is 54.6 Å². The van der Waals surface area contributed by atoms with Crippen LogP contribution in [0.25, 0.3) is 22.2 Å². The molecule has 3 rings (SSSR count). The Labute approximate surface area is 117 Å². The first-order valence-electron chi connectivity index (χ1n) is 6.59. The molecule has 3 aromatic rings. The van der Waals surface area contributed by atoms with Gasteiger partial charge in [0.25, 0.3) is 5.91 Å². The maximum atomic E-state index is 12.3. The van der Waals surface area contributed by atoms with E-state index >= 15 is 0 Å². The van der Waals surface area contributed by atoms with E-state index in [-0.39, 0.29) is 5.91 Å². The largest absolute Gasteiger partial charge is 0.355 e. The molecule has 1 N–H and O–H groups in total. The number of nitrogens with zero attached hydrogens (tertiary/aromatic N) is 1. The van der Waals surface area contributed by atoms with Gasteiger partial charge in [-0.25, -0.2) is 0 Å². The van der Waals surface area contributed by atoms with Gasteiger partial charge in [-0.1, -0.05) is 48.5 Å². The third-order valence-electron chi connectivity index (χ3n) is 3.61. The number of hydrogen-bond donors (Lipinski definition) is 1. The number of benzene rings is 2. The van der Waals surface area contributed by atoms with Crippen LogP contribution in [0.2, 0.25) is 0 Å². The third-order valence-corrected chi connectivity index (χ3v) is 3.61. The van der Waals surface area contributed by atoms with Gasteiger partial charge < -0.3 is 9.88 Å². The second kappa shape index (κ2) is 4.85. The standard InChI is InChI=1S/C17H16N2O/c1-18-17(20)15-13-10-6-7-11-14(13)19(2)16(15)12-8-4-3-5-9-12/h3-11H,1-2H3,(H,18,20). The van der Waals surface area contributed by atoms with Gasteiger partial charge in [-0.2, -0.15) is 0 Å². The minimum atomic E-state index is -0.0550. The van der Waals surface area contributed by atoms with Gasteiger partial charge in [0.05, 0.1) is 11.3 Å². The Bertz CT molecular complexity index is 772. The molecule has 100 valence electrons. The third kappa shape index (κ3) is 1.79. The van der Waals surface area contributed by atoms with Gasteiger partial charge in [-0.15, -0.1) is 0 Å². The molecular weight excluding hydrogens is 248 g/mol. The number of amides is 1. The maximum Gasteiger partial charge on any atom is 0.253 e. The van der Waals surface area contributed by atoms with E-state index in [4.69, 9.17) is 0 Å². The quantitative estimate of drug-likeness (QED) is 0.757. The number of hydrogen-bond acceptors (Lipinski definition) is 1. The van der Waals surface area contributed by atoms with E-state index in [9.17, 15) is 4.79 Å². The van der Waals surface area contributed by atoms with E-state index in [1.54, 1.807) is 7.05 Å². The molecule has 3 nitrogen and oxygen atoms in total. The minimum absolute atomic E-state index is 0.0550. The summed E-state index contributed by atoms with van der Waals surface area (Å²) in [7, 11) is 3.66. The number of rotatable bonds is 2. The van der Waals surface area contributed by atoms with E-state index in [1.165, 1.54) is 0 Å². The Morgan fingerprint density at radius 1 is 1.00 bits per heavy atom. The zero-order chi connectivity index (χ0) is 14.1. The van der Waals surface area contributed by atoms with Crippen LogP contribution in [0.4, 0.5) is 0 Å². The van der Waals surface area contributed by atoms with Crippen LogP contribution in [-0.4, -0.2) is 17.5 Å². The molecule has 1 aromatic heterocycles. The van der Waals surface area contributed by atoms with Gasteiger partial charge in [0, 0.05) is 25.0 Å². The first-order valence-corrected chi connectivity index (χ1v) is 6.59. The zero-order valence-electron chi connectivity index (χ0n) is 11.6. The van der Waals surface area contributed by atoms with Crippen molar-refractivity contribution in [1.82, 2.24) is 9.88 Å². The second-order valence-electron chi connectivity index (χ2n) is 4.74. The highest BCUT2D eigenvalue weighted by atomic mass is 16.1. The van der Waals surface area contributed by atoms with E-state index in [2.05, 4.69) is 9.88 Å². The van der Waals surface area contributed by atoms with E-state index in [1.807, 2.05) is 61.6 Å². The summed E-state index contributed by atoms with van der Waals surface area (Å²) in [6.07, 6.45) is 0. The summed E-state index contributed by atoms with van der Waals surface area (Å²) in [5, 5.41) is 3.72. The Kier molecular flexibility index (Phi) is 3.03. The Balaban J connectivity index is 2.41. The Morgan fingerprint density at radius 2 is 1.65 bits per heavy atom. The molecule has 0 aliphatic carbocycles. The van der Waals surface area contributed by atoms with Crippen LogP contribution in [0.3, 0.4) is 0 Å². The molecule has 0 saturated carbocycles. The number of aromatic nitrogens is 1. The molecule has 1 heterocycles. The first-order chi connectivity index (χ1) is 9.74. The van der Waals surface area contributed by atoms with Crippen molar-refractivity contribution in [3.05, 3.63) is 60.2 Å². The van der Waals surface area contributed by atoms with Gasteiger partial charge in [0.2, 0.25) is 0 Å². The molecule has 0 spiro atoms. The van der Waals surface area contributed by atoms with Crippen molar-refractivity contribution in [2.45, 2.75) is 0 Å². The van der Waals surface area contributed by atoms with Crippen LogP contribution >= 0.6 is 0 Å². The molecule has 2 aromatic carbocycles. The smallest absolute Gasteiger partial charge is 0.253 e. The highest BCUT2D eigenvalue weighted by Crippen LogP contribution is 2.32. The van der Waals surface area contributed by atoms with E-state index in [0.29, 0.717) is 0 Å². The van der Waals surface area contributed by atoms with Crippen molar-refractivity contribution >= 4 is 16.8 Å². The molecule has 3 heteroatoms. The van der Waals surface area contributed by atoms with Gasteiger partial charge in [-0.3, -0.25) is 4.79 Å². The highest BCUT2D eigenvalue weighted by Gasteiger charge is 2.20. The lowest BCUT2D eigenvalue weighted by molar-refractivity contribution is 0.0965. The van der Waals surface area contributed by atoms with Crippen LogP contribution in [0.1, 0.15) is 10.4 Å². The van der Waals surface area contributed by atoms with Crippen LogP contribution < -0.4 is 5.32 Å². The monoisotopic (exact) mass is 264 g/mol. The number of aryl methyl sites for hydroxylation is 1. The molecule has 0 saturated heterocycles. The fraction of sp³-hybridized carbons (Fsp3) is 0.118. The lowest BCUT2D eigenvalue weighted by atomic mass is 10.0. The number of para-hydroxylation sites is 1. The van der Waals surface area contributed by atoms with Crippen LogP contribution in [-0.2, 0) is 7.05 Å². The predicted molar refractivity (Wildman–Crippen MR) is 81.7 cm³/mol. The molecule has 20 heavy (non-hydrogen) atoms. The number of nitrogens with one attached hydrogen (secondary N) is 1. The molecule has 0 bridgehead atoms. The molecule has 1 amide bonds. The molecule has 0 aliphatic rings. The van der Waals surface area contributed by atoms with Gasteiger partial charge in [0.15, 0.2) is 0 Å². The summed E-state index contributed by atoms with van der Waals surface area (Å²) in [5.41, 5.74) is 3.79. The number of carbonyl (C=O) groups excluding carboxylic acids is 1. The zero-order valence-corrected chi connectivity index (χ0v) is 11.6. The lowest BCUT2D eigenvalue weighted by Crippen LogP contribution is -2.18. The molecule has 0 atom stereocenters. The van der Waals surface area contributed by atoms with Crippen molar-refractivity contribution < 1.29 is 4.79 Å². The van der Waals surface area contributed by atoms with E-state index < -0.39 is 0 Å². The molecule has 0 aliphatic heterocycles. The van der Waals surface area contributed by atoms with Crippen molar-refractivity contribution in [3.63, 3.8) is 0 Å². The summed E-state index contributed by atoms with van der Waals surface area (Å²) in [6, 6.07) is 18.0. The predicted octanol–water partition coefficient (Wildman–Crippen LogP) is 3.20. The van der Waals surface area contributed by atoms with Crippen LogP contribution in [0.5, 0.6) is 0 Å². The number of fused-ring (bicyclic) bond motifs is 1. The maximum absolute atomic E-state index is 12.3. The van der Waals surface area contributed by atoms with Gasteiger partial charge in [0.1, 0.15) is 0 Å². The van der Waals surface area contributed by atoms with Crippen molar-refractivity contribution in [2.24, 2.45) is 7.05 Å². The summed E-state index contributed by atoms with van der Waals surface area (Å²) in [4.78, 5) is 12.3. The average Bonchev–Trinajstić information content (AvgIpc) is 2.81. The van der Waals surface area contributed by atoms with Gasteiger partial charge in [-0.05, 0) is 11.6 Å². The SMILES string of the molecule is CNC(=O)c1c(-c2ccccc2)n(C)c2ccccc12. The fourth-order valence-electron chi connectivity index (χ4n) is 2.68. The summed E-state index contributed by atoms with van der Waals surface area (Å²) in [5.74, 6) is -0.0550. The topological polar surface area (TPSA) is 34.0 Å². The summed E-state index contributed by atoms with van der Waals surface area (Å²) >= 11 is 0. The van der Waals surface area contributed by atoms with Crippen molar-refractivity contribution in [1.29, 1.82) is 0 Å². The number of carbonyl (C=O) groups is 1. The average molecular weight is 264 g/mol. The highest BCUT2D eigenvalue weighted by molar-refractivity contribution is 6.12. The Morgan fingerprint density at radius 3 is 2.35 bits per heavy atom. The summed E-state index contributed by atoms with van der Waals surface area (Å²) < 4.78 is 2.08. The molecule has 0 fully saturated rings. The lowest BCUT2D eigenvalue weighted by Gasteiger charge is -2.07. The normalized spacial score (nSPS) is 10.7. The van der Waals surface area contributed by atoms with Crippen LogP contribution in [0, 0.1) is 0 Å². The van der Waals surface area contributed by atoms with Gasteiger partial charge >= 0.3 is 0 Å². The first kappa shape index (κ1) is 12.5. The minimum Gasteiger partial charge on any atom is -0.355 e.